The van der Waals surface area contributed by atoms with E-state index in [0.717, 1.165) is 29.5 Å². The first-order chi connectivity index (χ1) is 8.63. The van der Waals surface area contributed by atoms with E-state index in [1.165, 1.54) is 0 Å². The summed E-state index contributed by atoms with van der Waals surface area (Å²) in [7, 11) is 1.54. The third-order valence-corrected chi connectivity index (χ3v) is 3.82. The van der Waals surface area contributed by atoms with E-state index in [9.17, 15) is 5.11 Å². The molecule has 5 heteroatoms. The maximum atomic E-state index is 10.1. The zero-order chi connectivity index (χ0) is 13.1. The van der Waals surface area contributed by atoms with Gasteiger partial charge in [-0.15, -0.1) is 0 Å². The number of rotatable bonds is 4. The summed E-state index contributed by atoms with van der Waals surface area (Å²) in [5.41, 5.74) is 0.847. The van der Waals surface area contributed by atoms with Crippen LogP contribution >= 0.6 is 15.9 Å². The molecule has 1 saturated heterocycles. The van der Waals surface area contributed by atoms with Gasteiger partial charge in [-0.25, -0.2) is 0 Å². The van der Waals surface area contributed by atoms with Gasteiger partial charge < -0.3 is 14.9 Å². The van der Waals surface area contributed by atoms with Gasteiger partial charge in [-0.1, -0.05) is 15.9 Å². The molecule has 0 amide bonds. The summed E-state index contributed by atoms with van der Waals surface area (Å²) in [5, 5.41) is 19.2. The van der Waals surface area contributed by atoms with Crippen LogP contribution in [0.3, 0.4) is 0 Å². The van der Waals surface area contributed by atoms with E-state index >= 15 is 0 Å². The minimum atomic E-state index is 0.202. The largest absolute Gasteiger partial charge is 0.504 e. The Kier molecular flexibility index (Phi) is 4.48. The van der Waals surface area contributed by atoms with E-state index in [2.05, 4.69) is 20.8 Å². The van der Waals surface area contributed by atoms with Crippen LogP contribution in [-0.2, 0) is 6.54 Å². The number of aliphatic hydroxyl groups excluding tert-OH is 1. The fourth-order valence-corrected chi connectivity index (χ4v) is 2.84. The van der Waals surface area contributed by atoms with Crippen LogP contribution in [0.4, 0.5) is 0 Å². The predicted octanol–water partition coefficient (Wildman–Crippen LogP) is 1.98. The van der Waals surface area contributed by atoms with Crippen LogP contribution in [0.1, 0.15) is 12.0 Å². The number of hydrogen-bond donors (Lipinski definition) is 2. The standard InChI is InChI=1S/C13H18BrNO3/c1-18-12-5-11(14)4-10(13(12)17)7-15-3-2-9(6-15)8-16/h4-5,9,16-17H,2-3,6-8H2,1H3. The van der Waals surface area contributed by atoms with Crippen molar-refractivity contribution in [2.45, 2.75) is 13.0 Å². The Morgan fingerprint density at radius 2 is 2.28 bits per heavy atom. The zero-order valence-corrected chi connectivity index (χ0v) is 12.0. The minimum Gasteiger partial charge on any atom is -0.504 e. The third-order valence-electron chi connectivity index (χ3n) is 3.36. The molecule has 1 aliphatic rings. The summed E-state index contributed by atoms with van der Waals surface area (Å²) in [6, 6.07) is 3.66. The van der Waals surface area contributed by atoms with Crippen molar-refractivity contribution in [3.05, 3.63) is 22.2 Å². The molecule has 4 nitrogen and oxygen atoms in total. The third kappa shape index (κ3) is 2.96. The molecule has 1 aliphatic heterocycles. The molecule has 0 aromatic heterocycles. The summed E-state index contributed by atoms with van der Waals surface area (Å²) in [6.45, 7) is 2.76. The summed E-state index contributed by atoms with van der Waals surface area (Å²) in [5.74, 6) is 1.05. The highest BCUT2D eigenvalue weighted by Gasteiger charge is 2.23. The number of ether oxygens (including phenoxy) is 1. The number of phenolic OH excluding ortho intramolecular Hbond substituents is 1. The fraction of sp³-hybridized carbons (Fsp3) is 0.538. The van der Waals surface area contributed by atoms with Crippen LogP contribution in [0.5, 0.6) is 11.5 Å². The first-order valence-corrected chi connectivity index (χ1v) is 6.82. The lowest BCUT2D eigenvalue weighted by Gasteiger charge is -2.17. The highest BCUT2D eigenvalue weighted by atomic mass is 79.9. The first-order valence-electron chi connectivity index (χ1n) is 6.02. The molecular weight excluding hydrogens is 298 g/mol. The van der Waals surface area contributed by atoms with E-state index in [1.807, 2.05) is 6.07 Å². The summed E-state index contributed by atoms with van der Waals surface area (Å²) >= 11 is 3.41. The summed E-state index contributed by atoms with van der Waals surface area (Å²) < 4.78 is 6.03. The van der Waals surface area contributed by atoms with Gasteiger partial charge in [-0.05, 0) is 31.0 Å². The quantitative estimate of drug-likeness (QED) is 0.892. The lowest BCUT2D eigenvalue weighted by Crippen LogP contribution is -2.21. The Labute approximate surface area is 115 Å². The Hall–Kier alpha value is -0.780. The second kappa shape index (κ2) is 5.91. The number of halogens is 1. The molecule has 0 bridgehead atoms. The number of methoxy groups -OCH3 is 1. The predicted molar refractivity (Wildman–Crippen MR) is 72.8 cm³/mol. The molecule has 0 radical (unpaired) electrons. The monoisotopic (exact) mass is 315 g/mol. The summed E-state index contributed by atoms with van der Waals surface area (Å²) in [4.78, 5) is 2.24. The number of aliphatic hydroxyl groups is 1. The van der Waals surface area contributed by atoms with E-state index in [1.54, 1.807) is 13.2 Å². The van der Waals surface area contributed by atoms with Crippen molar-refractivity contribution in [3.8, 4) is 11.5 Å². The number of nitrogens with zero attached hydrogens (tertiary/aromatic N) is 1. The Balaban J connectivity index is 2.12. The number of likely N-dealkylation sites (tertiary alicyclic amines) is 1. The molecule has 2 rings (SSSR count). The summed E-state index contributed by atoms with van der Waals surface area (Å²) in [6.07, 6.45) is 1.02. The molecule has 1 unspecified atom stereocenters. The maximum Gasteiger partial charge on any atom is 0.162 e. The van der Waals surface area contributed by atoms with Crippen LogP contribution < -0.4 is 4.74 Å². The van der Waals surface area contributed by atoms with Crippen LogP contribution in [0.15, 0.2) is 16.6 Å². The van der Waals surface area contributed by atoms with E-state index in [-0.39, 0.29) is 12.4 Å². The van der Waals surface area contributed by atoms with Gasteiger partial charge in [0.2, 0.25) is 0 Å². The van der Waals surface area contributed by atoms with Gasteiger partial charge in [-0.3, -0.25) is 4.90 Å². The van der Waals surface area contributed by atoms with E-state index in [4.69, 9.17) is 9.84 Å². The normalized spacial score (nSPS) is 20.3. The Bertz CT molecular complexity index is 425. The number of phenols is 1. The van der Waals surface area contributed by atoms with Gasteiger partial charge >= 0.3 is 0 Å². The van der Waals surface area contributed by atoms with Gasteiger partial charge in [0.15, 0.2) is 11.5 Å². The topological polar surface area (TPSA) is 52.9 Å². The lowest BCUT2D eigenvalue weighted by molar-refractivity contribution is 0.219. The molecule has 1 heterocycles. The van der Waals surface area contributed by atoms with Crippen molar-refractivity contribution >= 4 is 15.9 Å². The van der Waals surface area contributed by atoms with Crippen molar-refractivity contribution in [2.75, 3.05) is 26.8 Å². The molecule has 2 N–H and O–H groups in total. The van der Waals surface area contributed by atoms with Gasteiger partial charge in [0.05, 0.1) is 7.11 Å². The molecule has 18 heavy (non-hydrogen) atoms. The second-order valence-corrected chi connectivity index (χ2v) is 5.60. The number of aromatic hydroxyl groups is 1. The molecule has 1 aromatic rings. The first kappa shape index (κ1) is 13.6. The van der Waals surface area contributed by atoms with Gasteiger partial charge in [0.1, 0.15) is 0 Å². The minimum absolute atomic E-state index is 0.202. The van der Waals surface area contributed by atoms with Gasteiger partial charge in [0.25, 0.3) is 0 Å². The van der Waals surface area contributed by atoms with Crippen molar-refractivity contribution < 1.29 is 14.9 Å². The molecule has 0 spiro atoms. The number of benzene rings is 1. The maximum absolute atomic E-state index is 10.1. The van der Waals surface area contributed by atoms with Crippen molar-refractivity contribution in [1.82, 2.24) is 4.90 Å². The molecule has 1 fully saturated rings. The van der Waals surface area contributed by atoms with Crippen molar-refractivity contribution in [1.29, 1.82) is 0 Å². The average molecular weight is 316 g/mol. The van der Waals surface area contributed by atoms with Gasteiger partial charge in [0, 0.05) is 29.7 Å². The van der Waals surface area contributed by atoms with E-state index < -0.39 is 0 Å². The van der Waals surface area contributed by atoms with Crippen molar-refractivity contribution in [3.63, 3.8) is 0 Å². The second-order valence-electron chi connectivity index (χ2n) is 4.69. The highest BCUT2D eigenvalue weighted by molar-refractivity contribution is 9.10. The number of hydrogen-bond acceptors (Lipinski definition) is 4. The highest BCUT2D eigenvalue weighted by Crippen LogP contribution is 2.34. The van der Waals surface area contributed by atoms with Crippen LogP contribution in [0, 0.1) is 5.92 Å². The fourth-order valence-electron chi connectivity index (χ4n) is 2.35. The van der Waals surface area contributed by atoms with Crippen LogP contribution in [0.25, 0.3) is 0 Å². The molecule has 1 atom stereocenters. The lowest BCUT2D eigenvalue weighted by atomic mass is 10.1. The van der Waals surface area contributed by atoms with E-state index in [0.29, 0.717) is 18.2 Å². The van der Waals surface area contributed by atoms with Crippen LogP contribution in [0.2, 0.25) is 0 Å². The SMILES string of the molecule is COc1cc(Br)cc(CN2CCC(CO)C2)c1O. The van der Waals surface area contributed by atoms with Gasteiger partial charge in [-0.2, -0.15) is 0 Å². The van der Waals surface area contributed by atoms with Crippen molar-refractivity contribution in [2.24, 2.45) is 5.92 Å². The molecule has 0 saturated carbocycles. The van der Waals surface area contributed by atoms with Crippen LogP contribution in [-0.4, -0.2) is 41.9 Å². The molecule has 100 valence electrons. The molecule has 1 aromatic carbocycles. The smallest absolute Gasteiger partial charge is 0.162 e. The zero-order valence-electron chi connectivity index (χ0n) is 10.4. The molecular formula is C13H18BrNO3. The molecule has 0 aliphatic carbocycles. The average Bonchev–Trinajstić information content (AvgIpc) is 2.81. The Morgan fingerprint density at radius 3 is 2.89 bits per heavy atom. The Morgan fingerprint density at radius 1 is 1.50 bits per heavy atom.